The Morgan fingerprint density at radius 2 is 1.84 bits per heavy atom. The smallest absolute Gasteiger partial charge is 0.311 e. The molecule has 0 aliphatic rings. The molecule has 31 heavy (non-hydrogen) atoms. The van der Waals surface area contributed by atoms with Crippen LogP contribution in [0.2, 0.25) is 0 Å². The highest BCUT2D eigenvalue weighted by Gasteiger charge is 2.45. The maximum Gasteiger partial charge on any atom is 0.311 e. The number of hydrogen-bond donors (Lipinski definition) is 0. The number of hydrogen-bond acceptors (Lipinski definition) is 6. The molecule has 0 spiro atoms. The lowest BCUT2D eigenvalue weighted by atomic mass is 9.74. The van der Waals surface area contributed by atoms with E-state index < -0.39 is 22.9 Å². The Kier molecular flexibility index (Phi) is 6.55. The minimum absolute atomic E-state index is 0.202. The fourth-order valence-corrected chi connectivity index (χ4v) is 4.30. The number of Topliss-reactive ketones (excluding diaryl/α,β-unsaturated/α-hetero) is 1. The Hall–Kier alpha value is -3.06. The maximum atomic E-state index is 13.3. The third-order valence-corrected chi connectivity index (χ3v) is 6.15. The number of aldehydes is 1. The molecule has 0 unspecified atom stereocenters. The first-order chi connectivity index (χ1) is 14.7. The van der Waals surface area contributed by atoms with Crippen molar-refractivity contribution in [3.05, 3.63) is 70.9 Å². The number of ketones is 1. The third-order valence-electron chi connectivity index (χ3n) is 5.03. The van der Waals surface area contributed by atoms with Gasteiger partial charge in [0.25, 0.3) is 0 Å². The Bertz CT molecular complexity index is 1050. The van der Waals surface area contributed by atoms with E-state index in [9.17, 15) is 14.4 Å². The highest BCUT2D eigenvalue weighted by molar-refractivity contribution is 7.10. The minimum Gasteiger partial charge on any atom is -0.460 e. The van der Waals surface area contributed by atoms with Crippen LogP contribution in [0.15, 0.2) is 60.2 Å². The van der Waals surface area contributed by atoms with E-state index in [1.54, 1.807) is 50.7 Å². The second kappa shape index (κ2) is 8.98. The van der Waals surface area contributed by atoms with Crippen LogP contribution < -0.4 is 0 Å². The first kappa shape index (κ1) is 22.6. The number of imidazole rings is 1. The van der Waals surface area contributed by atoms with Gasteiger partial charge in [0, 0.05) is 29.4 Å². The lowest BCUT2D eigenvalue weighted by Gasteiger charge is -2.32. The average Bonchev–Trinajstić information content (AvgIpc) is 3.43. The molecule has 1 aromatic carbocycles. The van der Waals surface area contributed by atoms with E-state index in [1.807, 2.05) is 41.8 Å². The van der Waals surface area contributed by atoms with Crippen molar-refractivity contribution in [3.8, 4) is 5.69 Å². The van der Waals surface area contributed by atoms with Crippen molar-refractivity contribution < 1.29 is 19.1 Å². The number of para-hydroxylation sites is 1. The van der Waals surface area contributed by atoms with Gasteiger partial charge in [-0.1, -0.05) is 24.3 Å². The zero-order valence-corrected chi connectivity index (χ0v) is 18.9. The predicted octanol–water partition coefficient (Wildman–Crippen LogP) is 4.62. The molecule has 0 fully saturated rings. The van der Waals surface area contributed by atoms with Gasteiger partial charge in [0.15, 0.2) is 11.6 Å². The van der Waals surface area contributed by atoms with Gasteiger partial charge in [-0.15, -0.1) is 11.3 Å². The van der Waals surface area contributed by atoms with Crippen LogP contribution in [0.5, 0.6) is 0 Å². The van der Waals surface area contributed by atoms with Crippen LogP contribution in [0.3, 0.4) is 0 Å². The standard InChI is InChI=1S/C24H26N2O4S/c1-23(2,3)30-22(29)18(24(4,16-27)20-11-8-14-31-20)15-19(28)21-25-12-13-26(21)17-9-6-5-7-10-17/h5-14,16,18H,15H2,1-4H3/t18-,24-/m0/s1. The Labute approximate surface area is 185 Å². The van der Waals surface area contributed by atoms with E-state index in [2.05, 4.69) is 4.98 Å². The number of esters is 1. The summed E-state index contributed by atoms with van der Waals surface area (Å²) >= 11 is 1.37. The van der Waals surface area contributed by atoms with Crippen molar-refractivity contribution in [1.29, 1.82) is 0 Å². The average molecular weight is 439 g/mol. The molecule has 3 rings (SSSR count). The lowest BCUT2D eigenvalue weighted by molar-refractivity contribution is -0.163. The molecule has 0 amide bonds. The van der Waals surface area contributed by atoms with E-state index in [4.69, 9.17) is 4.74 Å². The second-order valence-electron chi connectivity index (χ2n) is 8.55. The molecular formula is C24H26N2O4S. The SMILES string of the molecule is CC(C)(C)OC(=O)[C@H](CC(=O)c1nccn1-c1ccccc1)[C@](C)(C=O)c1cccs1. The molecule has 7 heteroatoms. The Morgan fingerprint density at radius 1 is 1.13 bits per heavy atom. The highest BCUT2D eigenvalue weighted by atomic mass is 32.1. The minimum atomic E-state index is -1.20. The molecule has 0 radical (unpaired) electrons. The number of thiophene rings is 1. The fraction of sp³-hybridized carbons (Fsp3) is 0.333. The van der Waals surface area contributed by atoms with E-state index in [1.165, 1.54) is 11.3 Å². The van der Waals surface area contributed by atoms with Gasteiger partial charge in [0.2, 0.25) is 0 Å². The Morgan fingerprint density at radius 3 is 2.42 bits per heavy atom. The number of ether oxygens (including phenoxy) is 1. The second-order valence-corrected chi connectivity index (χ2v) is 9.50. The lowest BCUT2D eigenvalue weighted by Crippen LogP contribution is -2.43. The van der Waals surface area contributed by atoms with E-state index in [0.717, 1.165) is 12.0 Å². The van der Waals surface area contributed by atoms with Gasteiger partial charge in [-0.05, 0) is 51.3 Å². The Balaban J connectivity index is 1.98. The van der Waals surface area contributed by atoms with Crippen molar-refractivity contribution in [2.75, 3.05) is 0 Å². The normalized spacial score (nSPS) is 14.5. The third kappa shape index (κ3) is 4.99. The van der Waals surface area contributed by atoms with Crippen LogP contribution in [0, 0.1) is 5.92 Å². The van der Waals surface area contributed by atoms with Crippen molar-refractivity contribution >= 4 is 29.4 Å². The summed E-state index contributed by atoms with van der Waals surface area (Å²) < 4.78 is 7.28. The molecule has 0 saturated heterocycles. The monoisotopic (exact) mass is 438 g/mol. The van der Waals surface area contributed by atoms with E-state index in [-0.39, 0.29) is 18.0 Å². The molecule has 2 heterocycles. The molecule has 3 aromatic rings. The van der Waals surface area contributed by atoms with Crippen molar-refractivity contribution in [3.63, 3.8) is 0 Å². The topological polar surface area (TPSA) is 78.3 Å². The van der Waals surface area contributed by atoms with Crippen LogP contribution >= 0.6 is 11.3 Å². The van der Waals surface area contributed by atoms with Gasteiger partial charge in [0.05, 0.1) is 11.3 Å². The summed E-state index contributed by atoms with van der Waals surface area (Å²) in [6.45, 7) is 6.96. The van der Waals surface area contributed by atoms with Crippen LogP contribution in [0.25, 0.3) is 5.69 Å². The van der Waals surface area contributed by atoms with E-state index in [0.29, 0.717) is 4.88 Å². The zero-order chi connectivity index (χ0) is 22.6. The summed E-state index contributed by atoms with van der Waals surface area (Å²) in [7, 11) is 0. The molecule has 6 nitrogen and oxygen atoms in total. The summed E-state index contributed by atoms with van der Waals surface area (Å²) in [5, 5.41) is 1.84. The van der Waals surface area contributed by atoms with Gasteiger partial charge < -0.3 is 9.53 Å². The van der Waals surface area contributed by atoms with Crippen LogP contribution in [-0.2, 0) is 19.7 Å². The molecule has 2 aromatic heterocycles. The van der Waals surface area contributed by atoms with Crippen molar-refractivity contribution in [2.24, 2.45) is 5.92 Å². The number of carbonyl (C=O) groups excluding carboxylic acids is 3. The fourth-order valence-electron chi connectivity index (χ4n) is 3.39. The van der Waals surface area contributed by atoms with E-state index >= 15 is 0 Å². The van der Waals surface area contributed by atoms with Gasteiger partial charge in [-0.25, -0.2) is 4.98 Å². The molecule has 2 atom stereocenters. The number of benzene rings is 1. The van der Waals surface area contributed by atoms with Crippen molar-refractivity contribution in [2.45, 2.75) is 45.1 Å². The van der Waals surface area contributed by atoms with Crippen LogP contribution in [-0.4, -0.2) is 33.2 Å². The molecule has 162 valence electrons. The van der Waals surface area contributed by atoms with Crippen molar-refractivity contribution in [1.82, 2.24) is 9.55 Å². The summed E-state index contributed by atoms with van der Waals surface area (Å²) in [5.41, 5.74) is -1.16. The number of aromatic nitrogens is 2. The summed E-state index contributed by atoms with van der Waals surface area (Å²) in [6, 6.07) is 13.0. The predicted molar refractivity (Wildman–Crippen MR) is 120 cm³/mol. The largest absolute Gasteiger partial charge is 0.460 e. The maximum absolute atomic E-state index is 13.3. The van der Waals surface area contributed by atoms with Gasteiger partial charge in [-0.2, -0.15) is 0 Å². The molecule has 0 aliphatic heterocycles. The first-order valence-corrected chi connectivity index (χ1v) is 10.9. The molecule has 0 saturated carbocycles. The summed E-state index contributed by atoms with van der Waals surface area (Å²) in [5.74, 6) is -1.70. The quantitative estimate of drug-likeness (QED) is 0.291. The summed E-state index contributed by atoms with van der Waals surface area (Å²) in [4.78, 5) is 43.7. The number of carbonyl (C=O) groups is 3. The zero-order valence-electron chi connectivity index (χ0n) is 18.1. The molecule has 0 aliphatic carbocycles. The van der Waals surface area contributed by atoms with Crippen LogP contribution in [0.4, 0.5) is 0 Å². The van der Waals surface area contributed by atoms with Gasteiger partial charge in [-0.3, -0.25) is 14.2 Å². The highest BCUT2D eigenvalue weighted by Crippen LogP contribution is 2.37. The molecule has 0 N–H and O–H groups in total. The van der Waals surface area contributed by atoms with Gasteiger partial charge in [0.1, 0.15) is 11.9 Å². The number of rotatable bonds is 8. The molecular weight excluding hydrogens is 412 g/mol. The molecule has 0 bridgehead atoms. The first-order valence-electron chi connectivity index (χ1n) is 10.0. The summed E-state index contributed by atoms with van der Waals surface area (Å²) in [6.07, 6.45) is 3.78. The number of nitrogens with zero attached hydrogens (tertiary/aromatic N) is 2. The van der Waals surface area contributed by atoms with Crippen LogP contribution in [0.1, 0.15) is 49.6 Å². The van der Waals surface area contributed by atoms with Gasteiger partial charge >= 0.3 is 5.97 Å².